The van der Waals surface area contributed by atoms with Crippen LogP contribution in [0.25, 0.3) is 11.0 Å². The number of carbonyl (C=O) groups excluding carboxylic acids is 1. The van der Waals surface area contributed by atoms with E-state index in [1.165, 1.54) is 19.3 Å². The predicted octanol–water partition coefficient (Wildman–Crippen LogP) is 5.52. The summed E-state index contributed by atoms with van der Waals surface area (Å²) < 4.78 is 11.3. The zero-order chi connectivity index (χ0) is 19.8. The highest BCUT2D eigenvalue weighted by Gasteiger charge is 2.13. The maximum absolute atomic E-state index is 12.3. The van der Waals surface area contributed by atoms with Gasteiger partial charge in [-0.05, 0) is 55.0 Å². The molecule has 0 spiro atoms. The molecule has 0 atom stereocenters. The van der Waals surface area contributed by atoms with Gasteiger partial charge in [-0.2, -0.15) is 0 Å². The van der Waals surface area contributed by atoms with Gasteiger partial charge in [0.05, 0.1) is 6.61 Å². The molecule has 2 N–H and O–H groups in total. The fourth-order valence-electron chi connectivity index (χ4n) is 2.77. The minimum Gasteiger partial charge on any atom is -0.494 e. The largest absolute Gasteiger partial charge is 0.494 e. The molecule has 1 amide bonds. The molecule has 0 saturated heterocycles. The van der Waals surface area contributed by atoms with Crippen LogP contribution in [0.5, 0.6) is 5.75 Å². The quantitative estimate of drug-likeness (QED) is 0.388. The zero-order valence-corrected chi connectivity index (χ0v) is 16.7. The van der Waals surface area contributed by atoms with E-state index in [0.29, 0.717) is 5.58 Å². The van der Waals surface area contributed by atoms with Gasteiger partial charge in [0, 0.05) is 11.1 Å². The van der Waals surface area contributed by atoms with Crippen LogP contribution in [0.15, 0.2) is 59.0 Å². The van der Waals surface area contributed by atoms with Gasteiger partial charge in [-0.3, -0.25) is 10.1 Å². The molecule has 6 heteroatoms. The predicted molar refractivity (Wildman–Crippen MR) is 116 cm³/mol. The van der Waals surface area contributed by atoms with Gasteiger partial charge in [0.2, 0.25) is 0 Å². The minimum atomic E-state index is -0.388. The number of thiocarbonyl (C=S) groups is 1. The Bertz CT molecular complexity index is 901. The van der Waals surface area contributed by atoms with Crippen molar-refractivity contribution in [1.29, 1.82) is 0 Å². The number of rotatable bonds is 8. The summed E-state index contributed by atoms with van der Waals surface area (Å²) in [7, 11) is 0. The van der Waals surface area contributed by atoms with Gasteiger partial charge in [-0.1, -0.05) is 44.4 Å². The van der Waals surface area contributed by atoms with E-state index in [9.17, 15) is 4.79 Å². The molecule has 0 aliphatic heterocycles. The summed E-state index contributed by atoms with van der Waals surface area (Å²) in [5, 5.41) is 6.70. The highest BCUT2D eigenvalue weighted by Crippen LogP contribution is 2.19. The smallest absolute Gasteiger partial charge is 0.293 e. The van der Waals surface area contributed by atoms with Gasteiger partial charge in [-0.25, -0.2) is 0 Å². The normalized spacial score (nSPS) is 10.6. The molecule has 3 rings (SSSR count). The SMILES string of the molecule is CCCCCCOc1ccc(NC(=S)NC(=O)c2cc3ccccc3o2)cc1. The molecule has 146 valence electrons. The van der Waals surface area contributed by atoms with E-state index in [4.69, 9.17) is 21.4 Å². The second-order valence-electron chi connectivity index (χ2n) is 6.49. The number of carbonyl (C=O) groups is 1. The molecule has 0 fully saturated rings. The summed E-state index contributed by atoms with van der Waals surface area (Å²) in [4.78, 5) is 12.3. The van der Waals surface area contributed by atoms with Crippen LogP contribution in [0.1, 0.15) is 43.2 Å². The third kappa shape index (κ3) is 5.57. The molecule has 28 heavy (non-hydrogen) atoms. The first kappa shape index (κ1) is 19.9. The first-order valence-electron chi connectivity index (χ1n) is 9.49. The van der Waals surface area contributed by atoms with E-state index in [2.05, 4.69) is 17.6 Å². The van der Waals surface area contributed by atoms with Gasteiger partial charge < -0.3 is 14.5 Å². The molecule has 0 aliphatic rings. The monoisotopic (exact) mass is 396 g/mol. The van der Waals surface area contributed by atoms with E-state index in [1.807, 2.05) is 48.5 Å². The van der Waals surface area contributed by atoms with Gasteiger partial charge in [0.25, 0.3) is 5.91 Å². The molecule has 0 radical (unpaired) electrons. The molecular weight excluding hydrogens is 372 g/mol. The average molecular weight is 397 g/mol. The summed E-state index contributed by atoms with van der Waals surface area (Å²) in [6.45, 7) is 2.91. The maximum Gasteiger partial charge on any atom is 0.293 e. The molecule has 0 aliphatic carbocycles. The minimum absolute atomic E-state index is 0.207. The van der Waals surface area contributed by atoms with Crippen LogP contribution in [0.2, 0.25) is 0 Å². The Kier molecular flexibility index (Phi) is 7.03. The first-order chi connectivity index (χ1) is 13.7. The van der Waals surface area contributed by atoms with E-state index in [-0.39, 0.29) is 16.8 Å². The zero-order valence-electron chi connectivity index (χ0n) is 15.9. The van der Waals surface area contributed by atoms with Gasteiger partial charge >= 0.3 is 0 Å². The Labute approximate surface area is 170 Å². The van der Waals surface area contributed by atoms with Crippen LogP contribution in [-0.4, -0.2) is 17.6 Å². The van der Waals surface area contributed by atoms with Crippen molar-refractivity contribution >= 4 is 39.9 Å². The maximum atomic E-state index is 12.3. The van der Waals surface area contributed by atoms with E-state index in [0.717, 1.165) is 29.9 Å². The lowest BCUT2D eigenvalue weighted by Gasteiger charge is -2.10. The molecule has 1 heterocycles. The third-order valence-electron chi connectivity index (χ3n) is 4.26. The standard InChI is InChI=1S/C22H24N2O3S/c1-2-3-4-7-14-26-18-12-10-17(11-13-18)23-22(28)24-21(25)20-15-16-8-5-6-9-19(16)27-20/h5-6,8-13,15H,2-4,7,14H2,1H3,(H2,23,24,25,28). The number of amides is 1. The van der Waals surface area contributed by atoms with Crippen molar-refractivity contribution in [1.82, 2.24) is 5.32 Å². The van der Waals surface area contributed by atoms with E-state index < -0.39 is 0 Å². The fourth-order valence-corrected chi connectivity index (χ4v) is 2.98. The van der Waals surface area contributed by atoms with Gasteiger partial charge in [-0.15, -0.1) is 0 Å². The summed E-state index contributed by atoms with van der Waals surface area (Å²) in [6.07, 6.45) is 4.71. The van der Waals surface area contributed by atoms with Crippen molar-refractivity contribution in [2.24, 2.45) is 0 Å². The molecule has 5 nitrogen and oxygen atoms in total. The van der Waals surface area contributed by atoms with Crippen LogP contribution < -0.4 is 15.4 Å². The average Bonchev–Trinajstić information content (AvgIpc) is 3.13. The van der Waals surface area contributed by atoms with E-state index in [1.54, 1.807) is 6.07 Å². The number of hydrogen-bond donors (Lipinski definition) is 2. The van der Waals surface area contributed by atoms with Crippen LogP contribution in [0.4, 0.5) is 5.69 Å². The second kappa shape index (κ2) is 9.90. The second-order valence-corrected chi connectivity index (χ2v) is 6.90. The number of hydrogen-bond acceptors (Lipinski definition) is 4. The Morgan fingerprint density at radius 1 is 1.07 bits per heavy atom. The highest BCUT2D eigenvalue weighted by molar-refractivity contribution is 7.80. The van der Waals surface area contributed by atoms with Crippen LogP contribution in [-0.2, 0) is 0 Å². The molecule has 1 aromatic heterocycles. The Balaban J connectivity index is 1.48. The van der Waals surface area contributed by atoms with Crippen LogP contribution >= 0.6 is 12.2 Å². The number of ether oxygens (including phenoxy) is 1. The number of para-hydroxylation sites is 1. The third-order valence-corrected chi connectivity index (χ3v) is 4.46. The Morgan fingerprint density at radius 2 is 1.86 bits per heavy atom. The van der Waals surface area contributed by atoms with Gasteiger partial charge in [0.1, 0.15) is 11.3 Å². The summed E-state index contributed by atoms with van der Waals surface area (Å²) >= 11 is 5.22. The van der Waals surface area contributed by atoms with Crippen molar-refractivity contribution < 1.29 is 13.9 Å². The number of anilines is 1. The molecule has 3 aromatic rings. The lowest BCUT2D eigenvalue weighted by Crippen LogP contribution is -2.33. The number of nitrogens with one attached hydrogen (secondary N) is 2. The van der Waals surface area contributed by atoms with Crippen LogP contribution in [0, 0.1) is 0 Å². The van der Waals surface area contributed by atoms with Crippen molar-refractivity contribution in [2.45, 2.75) is 32.6 Å². The first-order valence-corrected chi connectivity index (χ1v) is 9.90. The summed E-state index contributed by atoms with van der Waals surface area (Å²) in [5.74, 6) is 0.650. The summed E-state index contributed by atoms with van der Waals surface area (Å²) in [5.41, 5.74) is 1.44. The lowest BCUT2D eigenvalue weighted by atomic mass is 10.2. The summed E-state index contributed by atoms with van der Waals surface area (Å²) in [6, 6.07) is 16.6. The van der Waals surface area contributed by atoms with Crippen molar-refractivity contribution in [2.75, 3.05) is 11.9 Å². The lowest BCUT2D eigenvalue weighted by molar-refractivity contribution is 0.0953. The van der Waals surface area contributed by atoms with Crippen molar-refractivity contribution in [3.63, 3.8) is 0 Å². The van der Waals surface area contributed by atoms with Crippen molar-refractivity contribution in [3.05, 3.63) is 60.4 Å². The topological polar surface area (TPSA) is 63.5 Å². The van der Waals surface area contributed by atoms with Crippen molar-refractivity contribution in [3.8, 4) is 5.75 Å². The number of benzene rings is 2. The molecule has 0 unspecified atom stereocenters. The number of furan rings is 1. The Hall–Kier alpha value is -2.86. The van der Waals surface area contributed by atoms with E-state index >= 15 is 0 Å². The molecule has 0 saturated carbocycles. The molecule has 0 bridgehead atoms. The molecular formula is C22H24N2O3S. The molecule has 2 aromatic carbocycles. The van der Waals surface area contributed by atoms with Crippen LogP contribution in [0.3, 0.4) is 0 Å². The Morgan fingerprint density at radius 3 is 2.61 bits per heavy atom. The number of unbranched alkanes of at least 4 members (excludes halogenated alkanes) is 3. The number of fused-ring (bicyclic) bond motifs is 1. The fraction of sp³-hybridized carbons (Fsp3) is 0.273. The van der Waals surface area contributed by atoms with Gasteiger partial charge in [0.15, 0.2) is 10.9 Å². The highest BCUT2D eigenvalue weighted by atomic mass is 32.1.